The predicted molar refractivity (Wildman–Crippen MR) is 95.8 cm³/mol. The van der Waals surface area contributed by atoms with Crippen LogP contribution < -0.4 is 14.8 Å². The Kier molecular flexibility index (Phi) is 5.66. The van der Waals surface area contributed by atoms with Crippen LogP contribution in [-0.2, 0) is 6.42 Å². The molecule has 5 heteroatoms. The molecule has 0 aliphatic carbocycles. The minimum atomic E-state index is -0.185. The van der Waals surface area contributed by atoms with Gasteiger partial charge in [-0.05, 0) is 52.5 Å². The first-order valence-electron chi connectivity index (χ1n) is 7.33. The summed E-state index contributed by atoms with van der Waals surface area (Å²) in [6.07, 6.45) is 0.854. The molecule has 2 aromatic rings. The Morgan fingerprint density at radius 3 is 2.57 bits per heavy atom. The molecule has 2 rings (SSSR count). The van der Waals surface area contributed by atoms with E-state index in [4.69, 9.17) is 9.47 Å². The number of carbonyl (C=O) groups excluding carboxylic acids is 1. The van der Waals surface area contributed by atoms with Gasteiger partial charge in [0.25, 0.3) is 5.91 Å². The lowest BCUT2D eigenvalue weighted by Crippen LogP contribution is -2.14. The van der Waals surface area contributed by atoms with Crippen molar-refractivity contribution in [2.24, 2.45) is 0 Å². The van der Waals surface area contributed by atoms with Gasteiger partial charge in [-0.25, -0.2) is 0 Å². The van der Waals surface area contributed by atoms with E-state index in [0.717, 1.165) is 23.2 Å². The standard InChI is InChI=1S/C18H20BrNO3/c1-5-12-8-6-7-11(2)16(12)20-18(21)13-9-14(19)17(23-4)15(10-13)22-3/h6-10H,5H2,1-4H3,(H,20,21). The molecule has 0 radical (unpaired) electrons. The number of benzene rings is 2. The van der Waals surface area contributed by atoms with E-state index in [1.54, 1.807) is 26.4 Å². The lowest BCUT2D eigenvalue weighted by Gasteiger charge is -2.15. The molecule has 23 heavy (non-hydrogen) atoms. The van der Waals surface area contributed by atoms with Crippen molar-refractivity contribution in [2.45, 2.75) is 20.3 Å². The van der Waals surface area contributed by atoms with Crippen molar-refractivity contribution in [3.63, 3.8) is 0 Å². The number of hydrogen-bond donors (Lipinski definition) is 1. The molecule has 0 bridgehead atoms. The number of anilines is 1. The van der Waals surface area contributed by atoms with Crippen LogP contribution in [0.25, 0.3) is 0 Å². The number of rotatable bonds is 5. The van der Waals surface area contributed by atoms with Crippen LogP contribution in [0, 0.1) is 6.92 Å². The monoisotopic (exact) mass is 377 g/mol. The fourth-order valence-corrected chi connectivity index (χ4v) is 3.04. The van der Waals surface area contributed by atoms with Crippen LogP contribution in [0.15, 0.2) is 34.8 Å². The summed E-state index contributed by atoms with van der Waals surface area (Å²) in [6.45, 7) is 4.05. The van der Waals surface area contributed by atoms with Crippen molar-refractivity contribution in [2.75, 3.05) is 19.5 Å². The Labute approximate surface area is 144 Å². The molecule has 0 aromatic heterocycles. The first-order valence-corrected chi connectivity index (χ1v) is 8.12. The van der Waals surface area contributed by atoms with E-state index in [1.807, 2.05) is 25.1 Å². The minimum Gasteiger partial charge on any atom is -0.493 e. The summed E-state index contributed by atoms with van der Waals surface area (Å²) in [5.74, 6) is 0.886. The zero-order chi connectivity index (χ0) is 17.0. The number of nitrogens with one attached hydrogen (secondary N) is 1. The summed E-state index contributed by atoms with van der Waals surface area (Å²) in [6, 6.07) is 9.40. The smallest absolute Gasteiger partial charge is 0.255 e. The topological polar surface area (TPSA) is 47.6 Å². The number of hydrogen-bond acceptors (Lipinski definition) is 3. The average molecular weight is 378 g/mol. The first kappa shape index (κ1) is 17.3. The van der Waals surface area contributed by atoms with E-state index in [1.165, 1.54) is 0 Å². The Balaban J connectivity index is 2.37. The summed E-state index contributed by atoms with van der Waals surface area (Å²) in [5, 5.41) is 3.01. The maximum Gasteiger partial charge on any atom is 0.255 e. The number of para-hydroxylation sites is 1. The van der Waals surface area contributed by atoms with Gasteiger partial charge in [0, 0.05) is 11.3 Å². The van der Waals surface area contributed by atoms with Gasteiger partial charge in [0.05, 0.1) is 18.7 Å². The first-order chi connectivity index (χ1) is 11.0. The van der Waals surface area contributed by atoms with Crippen molar-refractivity contribution in [1.82, 2.24) is 0 Å². The average Bonchev–Trinajstić information content (AvgIpc) is 2.55. The van der Waals surface area contributed by atoms with E-state index in [2.05, 4.69) is 28.2 Å². The minimum absolute atomic E-state index is 0.185. The highest BCUT2D eigenvalue weighted by Crippen LogP contribution is 2.36. The third-order valence-electron chi connectivity index (χ3n) is 3.67. The molecule has 0 saturated heterocycles. The molecule has 1 N–H and O–H groups in total. The quantitative estimate of drug-likeness (QED) is 0.828. The molecule has 0 saturated carbocycles. The summed E-state index contributed by atoms with van der Waals surface area (Å²) in [7, 11) is 3.10. The molecule has 0 spiro atoms. The Hall–Kier alpha value is -2.01. The maximum atomic E-state index is 12.6. The van der Waals surface area contributed by atoms with Gasteiger partial charge in [-0.3, -0.25) is 4.79 Å². The summed E-state index contributed by atoms with van der Waals surface area (Å²) < 4.78 is 11.2. The molecule has 0 heterocycles. The number of carbonyl (C=O) groups is 1. The molecule has 0 aliphatic heterocycles. The number of methoxy groups -OCH3 is 2. The van der Waals surface area contributed by atoms with Crippen LogP contribution in [0.5, 0.6) is 11.5 Å². The van der Waals surface area contributed by atoms with Crippen LogP contribution in [0.2, 0.25) is 0 Å². The van der Waals surface area contributed by atoms with E-state index in [-0.39, 0.29) is 5.91 Å². The second-order valence-electron chi connectivity index (χ2n) is 5.11. The molecule has 0 aliphatic rings. The van der Waals surface area contributed by atoms with Gasteiger partial charge in [0.2, 0.25) is 0 Å². The third kappa shape index (κ3) is 3.67. The van der Waals surface area contributed by atoms with E-state index in [0.29, 0.717) is 21.5 Å². The summed E-state index contributed by atoms with van der Waals surface area (Å²) >= 11 is 3.41. The van der Waals surface area contributed by atoms with Crippen LogP contribution >= 0.6 is 15.9 Å². The van der Waals surface area contributed by atoms with Crippen LogP contribution in [0.4, 0.5) is 5.69 Å². The fraction of sp³-hybridized carbons (Fsp3) is 0.278. The Bertz CT molecular complexity index is 728. The lowest BCUT2D eigenvalue weighted by atomic mass is 10.1. The van der Waals surface area contributed by atoms with Gasteiger partial charge in [-0.1, -0.05) is 25.1 Å². The normalized spacial score (nSPS) is 10.3. The van der Waals surface area contributed by atoms with Crippen molar-refractivity contribution in [3.05, 3.63) is 51.5 Å². The fourth-order valence-electron chi connectivity index (χ4n) is 2.44. The van der Waals surface area contributed by atoms with Gasteiger partial charge in [-0.15, -0.1) is 0 Å². The van der Waals surface area contributed by atoms with Gasteiger partial charge < -0.3 is 14.8 Å². The SMILES string of the molecule is CCc1cccc(C)c1NC(=O)c1cc(Br)c(OC)c(OC)c1. The van der Waals surface area contributed by atoms with E-state index in [9.17, 15) is 4.79 Å². The number of aryl methyl sites for hydroxylation is 2. The molecule has 122 valence electrons. The van der Waals surface area contributed by atoms with E-state index < -0.39 is 0 Å². The highest BCUT2D eigenvalue weighted by Gasteiger charge is 2.16. The van der Waals surface area contributed by atoms with Crippen LogP contribution in [0.3, 0.4) is 0 Å². The summed E-state index contributed by atoms with van der Waals surface area (Å²) in [4.78, 5) is 12.6. The molecular weight excluding hydrogens is 358 g/mol. The Morgan fingerprint density at radius 2 is 1.96 bits per heavy atom. The molecule has 1 amide bonds. The van der Waals surface area contributed by atoms with Gasteiger partial charge in [-0.2, -0.15) is 0 Å². The molecule has 0 atom stereocenters. The summed E-state index contributed by atoms with van der Waals surface area (Å²) in [5.41, 5.74) is 3.51. The second-order valence-corrected chi connectivity index (χ2v) is 5.96. The predicted octanol–water partition coefficient (Wildman–Crippen LogP) is 4.59. The maximum absolute atomic E-state index is 12.6. The second kappa shape index (κ2) is 7.51. The zero-order valence-electron chi connectivity index (χ0n) is 13.7. The third-order valence-corrected chi connectivity index (χ3v) is 4.26. The van der Waals surface area contributed by atoms with Crippen LogP contribution in [0.1, 0.15) is 28.4 Å². The molecular formula is C18H20BrNO3. The molecule has 0 unspecified atom stereocenters. The number of ether oxygens (including phenoxy) is 2. The van der Waals surface area contributed by atoms with Crippen LogP contribution in [-0.4, -0.2) is 20.1 Å². The van der Waals surface area contributed by atoms with Crippen molar-refractivity contribution >= 4 is 27.5 Å². The van der Waals surface area contributed by atoms with E-state index >= 15 is 0 Å². The highest BCUT2D eigenvalue weighted by molar-refractivity contribution is 9.10. The molecule has 0 fully saturated rings. The zero-order valence-corrected chi connectivity index (χ0v) is 15.3. The Morgan fingerprint density at radius 1 is 1.22 bits per heavy atom. The molecule has 4 nitrogen and oxygen atoms in total. The lowest BCUT2D eigenvalue weighted by molar-refractivity contribution is 0.102. The number of amides is 1. The highest BCUT2D eigenvalue weighted by atomic mass is 79.9. The van der Waals surface area contributed by atoms with Crippen molar-refractivity contribution in [3.8, 4) is 11.5 Å². The van der Waals surface area contributed by atoms with Crippen molar-refractivity contribution < 1.29 is 14.3 Å². The molecule has 2 aromatic carbocycles. The van der Waals surface area contributed by atoms with Gasteiger partial charge >= 0.3 is 0 Å². The van der Waals surface area contributed by atoms with Gasteiger partial charge in [0.15, 0.2) is 11.5 Å². The van der Waals surface area contributed by atoms with Crippen molar-refractivity contribution in [1.29, 1.82) is 0 Å². The largest absolute Gasteiger partial charge is 0.493 e. The number of halogens is 1. The van der Waals surface area contributed by atoms with Gasteiger partial charge in [0.1, 0.15) is 0 Å².